The fraction of sp³-hybridized carbons (Fsp3) is 0.438. The van der Waals surface area contributed by atoms with Crippen LogP contribution in [0, 0.1) is 0 Å². The first-order chi connectivity index (χ1) is 9.60. The summed E-state index contributed by atoms with van der Waals surface area (Å²) in [5.41, 5.74) is 3.81. The van der Waals surface area contributed by atoms with Gasteiger partial charge in [0.2, 0.25) is 0 Å². The van der Waals surface area contributed by atoms with Crippen LogP contribution >= 0.6 is 0 Å². The first-order valence-electron chi connectivity index (χ1n) is 7.08. The SMILES string of the molecule is CCNC(Cc1cnn(C)c1)c1ccc(N(C)C)cc1. The topological polar surface area (TPSA) is 33.1 Å². The van der Waals surface area contributed by atoms with E-state index >= 15 is 0 Å². The zero-order chi connectivity index (χ0) is 14.5. The van der Waals surface area contributed by atoms with Gasteiger partial charge in [-0.15, -0.1) is 0 Å². The molecule has 0 saturated heterocycles. The van der Waals surface area contributed by atoms with Crippen molar-refractivity contribution in [1.82, 2.24) is 15.1 Å². The maximum atomic E-state index is 4.24. The highest BCUT2D eigenvalue weighted by atomic mass is 15.2. The van der Waals surface area contributed by atoms with Crippen molar-refractivity contribution < 1.29 is 0 Å². The Morgan fingerprint density at radius 1 is 1.25 bits per heavy atom. The lowest BCUT2D eigenvalue weighted by Gasteiger charge is -2.19. The van der Waals surface area contributed by atoms with Gasteiger partial charge in [0, 0.05) is 39.1 Å². The molecule has 2 aromatic rings. The highest BCUT2D eigenvalue weighted by molar-refractivity contribution is 5.46. The van der Waals surface area contributed by atoms with Crippen LogP contribution in [0.5, 0.6) is 0 Å². The monoisotopic (exact) mass is 272 g/mol. The van der Waals surface area contributed by atoms with Crippen molar-refractivity contribution in [3.8, 4) is 0 Å². The summed E-state index contributed by atoms with van der Waals surface area (Å²) in [5.74, 6) is 0. The van der Waals surface area contributed by atoms with Crippen molar-refractivity contribution in [2.75, 3.05) is 25.5 Å². The third kappa shape index (κ3) is 3.61. The Kier molecular flexibility index (Phi) is 4.79. The molecule has 20 heavy (non-hydrogen) atoms. The van der Waals surface area contributed by atoms with Crippen molar-refractivity contribution in [2.45, 2.75) is 19.4 Å². The van der Waals surface area contributed by atoms with Crippen LogP contribution in [0.25, 0.3) is 0 Å². The number of aromatic nitrogens is 2. The summed E-state index contributed by atoms with van der Waals surface area (Å²) in [6.07, 6.45) is 4.99. The van der Waals surface area contributed by atoms with Crippen LogP contribution in [0.4, 0.5) is 5.69 Å². The maximum Gasteiger partial charge on any atom is 0.0522 e. The van der Waals surface area contributed by atoms with Gasteiger partial charge in [-0.2, -0.15) is 5.10 Å². The second-order valence-corrected chi connectivity index (χ2v) is 5.32. The largest absolute Gasteiger partial charge is 0.378 e. The fourth-order valence-corrected chi connectivity index (χ4v) is 2.37. The number of nitrogens with zero attached hydrogens (tertiary/aromatic N) is 3. The highest BCUT2D eigenvalue weighted by Crippen LogP contribution is 2.21. The van der Waals surface area contributed by atoms with Gasteiger partial charge < -0.3 is 10.2 Å². The lowest BCUT2D eigenvalue weighted by Crippen LogP contribution is -2.23. The van der Waals surface area contributed by atoms with Gasteiger partial charge in [0.05, 0.1) is 6.20 Å². The predicted octanol–water partition coefficient (Wildman–Crippen LogP) is 2.38. The number of hydrogen-bond donors (Lipinski definition) is 1. The molecule has 0 aliphatic carbocycles. The van der Waals surface area contributed by atoms with E-state index in [0.29, 0.717) is 6.04 Å². The number of aryl methyl sites for hydroxylation is 1. The Balaban J connectivity index is 2.15. The summed E-state index contributed by atoms with van der Waals surface area (Å²) in [5, 5.41) is 7.80. The van der Waals surface area contributed by atoms with E-state index in [0.717, 1.165) is 13.0 Å². The van der Waals surface area contributed by atoms with Gasteiger partial charge in [0.25, 0.3) is 0 Å². The molecule has 1 aromatic carbocycles. The van der Waals surface area contributed by atoms with Crippen LogP contribution in [-0.4, -0.2) is 30.4 Å². The number of rotatable bonds is 6. The number of anilines is 1. The predicted molar refractivity (Wildman–Crippen MR) is 84.1 cm³/mol. The van der Waals surface area contributed by atoms with E-state index < -0.39 is 0 Å². The molecule has 2 rings (SSSR count). The third-order valence-corrected chi connectivity index (χ3v) is 3.46. The summed E-state index contributed by atoms with van der Waals surface area (Å²) in [6.45, 7) is 3.10. The van der Waals surface area contributed by atoms with E-state index in [9.17, 15) is 0 Å². The zero-order valence-corrected chi connectivity index (χ0v) is 12.8. The van der Waals surface area contributed by atoms with Crippen molar-refractivity contribution in [3.63, 3.8) is 0 Å². The minimum Gasteiger partial charge on any atom is -0.378 e. The minimum atomic E-state index is 0.334. The summed E-state index contributed by atoms with van der Waals surface area (Å²) in [7, 11) is 6.08. The van der Waals surface area contributed by atoms with Gasteiger partial charge >= 0.3 is 0 Å². The molecule has 0 aliphatic rings. The molecule has 0 bridgehead atoms. The summed E-state index contributed by atoms with van der Waals surface area (Å²) < 4.78 is 1.85. The second kappa shape index (κ2) is 6.57. The van der Waals surface area contributed by atoms with Crippen molar-refractivity contribution in [3.05, 3.63) is 47.8 Å². The molecule has 0 spiro atoms. The molecule has 0 fully saturated rings. The lowest BCUT2D eigenvalue weighted by molar-refractivity contribution is 0.549. The molecule has 1 unspecified atom stereocenters. The Hall–Kier alpha value is -1.81. The van der Waals surface area contributed by atoms with Crippen LogP contribution in [-0.2, 0) is 13.5 Å². The van der Waals surface area contributed by atoms with Gasteiger partial charge in [-0.3, -0.25) is 4.68 Å². The van der Waals surface area contributed by atoms with E-state index in [1.54, 1.807) is 0 Å². The summed E-state index contributed by atoms with van der Waals surface area (Å²) in [4.78, 5) is 2.12. The molecular formula is C16H24N4. The molecule has 4 heteroatoms. The fourth-order valence-electron chi connectivity index (χ4n) is 2.37. The second-order valence-electron chi connectivity index (χ2n) is 5.32. The Morgan fingerprint density at radius 3 is 2.45 bits per heavy atom. The number of nitrogens with one attached hydrogen (secondary N) is 1. The van der Waals surface area contributed by atoms with Gasteiger partial charge in [-0.1, -0.05) is 19.1 Å². The van der Waals surface area contributed by atoms with Crippen LogP contribution in [0.15, 0.2) is 36.7 Å². The average Bonchev–Trinajstić information content (AvgIpc) is 2.84. The van der Waals surface area contributed by atoms with E-state index in [2.05, 4.69) is 66.8 Å². The molecule has 1 aromatic heterocycles. The molecule has 1 atom stereocenters. The lowest BCUT2D eigenvalue weighted by atomic mass is 10.0. The molecule has 0 aliphatic heterocycles. The van der Waals surface area contributed by atoms with Gasteiger partial charge in [-0.25, -0.2) is 0 Å². The molecule has 0 radical (unpaired) electrons. The van der Waals surface area contributed by atoms with Crippen molar-refractivity contribution in [2.24, 2.45) is 7.05 Å². The van der Waals surface area contributed by atoms with E-state index in [1.807, 2.05) is 17.9 Å². The van der Waals surface area contributed by atoms with Crippen LogP contribution < -0.4 is 10.2 Å². The first kappa shape index (κ1) is 14.6. The Morgan fingerprint density at radius 2 is 1.95 bits per heavy atom. The van der Waals surface area contributed by atoms with Crippen LogP contribution in [0.1, 0.15) is 24.1 Å². The number of hydrogen-bond acceptors (Lipinski definition) is 3. The maximum absolute atomic E-state index is 4.24. The van der Waals surface area contributed by atoms with Gasteiger partial charge in [-0.05, 0) is 36.2 Å². The molecule has 1 N–H and O–H groups in total. The summed E-state index contributed by atoms with van der Waals surface area (Å²) >= 11 is 0. The zero-order valence-electron chi connectivity index (χ0n) is 12.8. The van der Waals surface area contributed by atoms with Gasteiger partial charge in [0.15, 0.2) is 0 Å². The molecule has 0 saturated carbocycles. The van der Waals surface area contributed by atoms with Crippen LogP contribution in [0.3, 0.4) is 0 Å². The van der Waals surface area contributed by atoms with Crippen molar-refractivity contribution >= 4 is 5.69 Å². The van der Waals surface area contributed by atoms with E-state index in [4.69, 9.17) is 0 Å². The number of likely N-dealkylation sites (N-methyl/N-ethyl adjacent to an activating group) is 1. The van der Waals surface area contributed by atoms with Crippen LogP contribution in [0.2, 0.25) is 0 Å². The molecule has 4 nitrogen and oxygen atoms in total. The first-order valence-corrected chi connectivity index (χ1v) is 7.08. The molecule has 108 valence electrons. The van der Waals surface area contributed by atoms with E-state index in [1.165, 1.54) is 16.8 Å². The van der Waals surface area contributed by atoms with Gasteiger partial charge in [0.1, 0.15) is 0 Å². The average molecular weight is 272 g/mol. The molecule has 0 amide bonds. The smallest absolute Gasteiger partial charge is 0.0522 e. The Labute approximate surface area is 121 Å². The Bertz CT molecular complexity index is 528. The standard InChI is InChI=1S/C16H24N4/c1-5-17-16(10-13-11-18-20(4)12-13)14-6-8-15(9-7-14)19(2)3/h6-9,11-12,16-17H,5,10H2,1-4H3. The highest BCUT2D eigenvalue weighted by Gasteiger charge is 2.12. The molecular weight excluding hydrogens is 248 g/mol. The van der Waals surface area contributed by atoms with Crippen molar-refractivity contribution in [1.29, 1.82) is 0 Å². The molecule has 1 heterocycles. The van der Waals surface area contributed by atoms with E-state index in [-0.39, 0.29) is 0 Å². The third-order valence-electron chi connectivity index (χ3n) is 3.46. The quantitative estimate of drug-likeness (QED) is 0.876. The summed E-state index contributed by atoms with van der Waals surface area (Å²) in [6, 6.07) is 9.09. The minimum absolute atomic E-state index is 0.334. The number of benzene rings is 1. The normalized spacial score (nSPS) is 12.4.